The van der Waals surface area contributed by atoms with Crippen molar-refractivity contribution in [2.45, 2.75) is 33.2 Å². The molecular formula is C11H15N3. The SMILES string of the molecule is CCC(C)Nc1nc(C)ccc1C#N. The molecule has 0 aliphatic heterocycles. The van der Waals surface area contributed by atoms with Crippen molar-refractivity contribution < 1.29 is 0 Å². The summed E-state index contributed by atoms with van der Waals surface area (Å²) in [6.07, 6.45) is 1.01. The van der Waals surface area contributed by atoms with E-state index in [1.54, 1.807) is 6.07 Å². The van der Waals surface area contributed by atoms with E-state index in [0.717, 1.165) is 12.1 Å². The molecule has 3 heteroatoms. The van der Waals surface area contributed by atoms with Gasteiger partial charge in [-0.15, -0.1) is 0 Å². The van der Waals surface area contributed by atoms with Crippen molar-refractivity contribution in [2.24, 2.45) is 0 Å². The lowest BCUT2D eigenvalue weighted by Gasteiger charge is -2.13. The second-order valence-electron chi connectivity index (χ2n) is 3.41. The Morgan fingerprint density at radius 3 is 2.86 bits per heavy atom. The summed E-state index contributed by atoms with van der Waals surface area (Å²) < 4.78 is 0. The minimum Gasteiger partial charge on any atom is -0.367 e. The third kappa shape index (κ3) is 2.46. The average molecular weight is 189 g/mol. The molecule has 14 heavy (non-hydrogen) atoms. The first-order valence-electron chi connectivity index (χ1n) is 4.81. The van der Waals surface area contributed by atoms with Crippen LogP contribution in [-0.2, 0) is 0 Å². The zero-order valence-corrected chi connectivity index (χ0v) is 8.83. The highest BCUT2D eigenvalue weighted by Gasteiger charge is 2.05. The van der Waals surface area contributed by atoms with Crippen molar-refractivity contribution in [1.29, 1.82) is 5.26 Å². The van der Waals surface area contributed by atoms with Crippen LogP contribution >= 0.6 is 0 Å². The van der Waals surface area contributed by atoms with Gasteiger partial charge < -0.3 is 5.32 Å². The van der Waals surface area contributed by atoms with E-state index in [2.05, 4.69) is 30.2 Å². The first-order valence-corrected chi connectivity index (χ1v) is 4.81. The Hall–Kier alpha value is -1.56. The van der Waals surface area contributed by atoms with Crippen LogP contribution in [0.5, 0.6) is 0 Å². The van der Waals surface area contributed by atoms with Crippen molar-refractivity contribution in [3.05, 3.63) is 23.4 Å². The summed E-state index contributed by atoms with van der Waals surface area (Å²) in [6.45, 7) is 6.09. The number of rotatable bonds is 3. The molecule has 3 nitrogen and oxygen atoms in total. The molecular weight excluding hydrogens is 174 g/mol. The smallest absolute Gasteiger partial charge is 0.144 e. The molecule has 1 unspecified atom stereocenters. The molecule has 0 aliphatic rings. The maximum Gasteiger partial charge on any atom is 0.144 e. The number of aromatic nitrogens is 1. The number of anilines is 1. The van der Waals surface area contributed by atoms with Crippen LogP contribution in [0.25, 0.3) is 0 Å². The van der Waals surface area contributed by atoms with Gasteiger partial charge in [-0.3, -0.25) is 0 Å². The highest BCUT2D eigenvalue weighted by Crippen LogP contribution is 2.13. The number of hydrogen-bond acceptors (Lipinski definition) is 3. The zero-order chi connectivity index (χ0) is 10.6. The lowest BCUT2D eigenvalue weighted by molar-refractivity contribution is 0.758. The molecule has 0 radical (unpaired) electrons. The number of nitrogens with zero attached hydrogens (tertiary/aromatic N) is 2. The molecule has 0 amide bonds. The lowest BCUT2D eigenvalue weighted by Crippen LogP contribution is -2.15. The molecule has 0 fully saturated rings. The molecule has 1 aromatic rings. The molecule has 0 saturated carbocycles. The van der Waals surface area contributed by atoms with Gasteiger partial charge in [0.15, 0.2) is 0 Å². The largest absolute Gasteiger partial charge is 0.367 e. The molecule has 0 spiro atoms. The molecule has 1 aromatic heterocycles. The summed E-state index contributed by atoms with van der Waals surface area (Å²) in [5.74, 6) is 0.696. The minimum absolute atomic E-state index is 0.344. The second-order valence-corrected chi connectivity index (χ2v) is 3.41. The molecule has 1 N–H and O–H groups in total. The van der Waals surface area contributed by atoms with E-state index < -0.39 is 0 Å². The van der Waals surface area contributed by atoms with Crippen LogP contribution in [0, 0.1) is 18.3 Å². The van der Waals surface area contributed by atoms with Crippen LogP contribution in [0.1, 0.15) is 31.5 Å². The van der Waals surface area contributed by atoms with Gasteiger partial charge in [0.25, 0.3) is 0 Å². The van der Waals surface area contributed by atoms with Crippen LogP contribution < -0.4 is 5.32 Å². The number of hydrogen-bond donors (Lipinski definition) is 1. The van der Waals surface area contributed by atoms with Gasteiger partial charge in [-0.2, -0.15) is 5.26 Å². The summed E-state index contributed by atoms with van der Waals surface area (Å²) in [7, 11) is 0. The number of nitrogens with one attached hydrogen (secondary N) is 1. The molecule has 0 aliphatic carbocycles. The number of nitriles is 1. The topological polar surface area (TPSA) is 48.7 Å². The Bertz CT molecular complexity index is 352. The van der Waals surface area contributed by atoms with Crippen LogP contribution in [0.4, 0.5) is 5.82 Å². The predicted molar refractivity (Wildman–Crippen MR) is 57.1 cm³/mol. The number of aryl methyl sites for hydroxylation is 1. The van der Waals surface area contributed by atoms with Crippen LogP contribution in [0.15, 0.2) is 12.1 Å². The fourth-order valence-electron chi connectivity index (χ4n) is 1.09. The summed E-state index contributed by atoms with van der Waals surface area (Å²) in [5, 5.41) is 12.1. The van der Waals surface area contributed by atoms with E-state index in [-0.39, 0.29) is 0 Å². The van der Waals surface area contributed by atoms with E-state index in [1.807, 2.05) is 13.0 Å². The van der Waals surface area contributed by atoms with Gasteiger partial charge in [0.05, 0.1) is 5.56 Å². The highest BCUT2D eigenvalue weighted by molar-refractivity contribution is 5.52. The monoisotopic (exact) mass is 189 g/mol. The van der Waals surface area contributed by atoms with Gasteiger partial charge in [-0.05, 0) is 32.4 Å². The normalized spacial score (nSPS) is 11.9. The van der Waals surface area contributed by atoms with E-state index >= 15 is 0 Å². The lowest BCUT2D eigenvalue weighted by atomic mass is 10.2. The van der Waals surface area contributed by atoms with E-state index in [1.165, 1.54) is 0 Å². The average Bonchev–Trinajstić information content (AvgIpc) is 2.18. The standard InChI is InChI=1S/C11H15N3/c1-4-8(2)13-11-10(7-12)6-5-9(3)14-11/h5-6,8H,4H2,1-3H3,(H,13,14). The van der Waals surface area contributed by atoms with Crippen molar-refractivity contribution in [3.8, 4) is 6.07 Å². The molecule has 0 bridgehead atoms. The van der Waals surface area contributed by atoms with Crippen LogP contribution in [0.2, 0.25) is 0 Å². The van der Waals surface area contributed by atoms with Gasteiger partial charge in [0.1, 0.15) is 11.9 Å². The Kier molecular flexibility index (Phi) is 3.47. The predicted octanol–water partition coefficient (Wildman–Crippen LogP) is 2.47. The molecule has 1 atom stereocenters. The van der Waals surface area contributed by atoms with Gasteiger partial charge >= 0.3 is 0 Å². The minimum atomic E-state index is 0.344. The van der Waals surface area contributed by atoms with Crippen LogP contribution in [-0.4, -0.2) is 11.0 Å². The van der Waals surface area contributed by atoms with Crippen molar-refractivity contribution in [2.75, 3.05) is 5.32 Å². The number of pyridine rings is 1. The van der Waals surface area contributed by atoms with Gasteiger partial charge in [-0.1, -0.05) is 6.92 Å². The van der Waals surface area contributed by atoms with Crippen molar-refractivity contribution >= 4 is 5.82 Å². The molecule has 74 valence electrons. The maximum absolute atomic E-state index is 8.86. The second kappa shape index (κ2) is 4.61. The Balaban J connectivity index is 2.94. The quantitative estimate of drug-likeness (QED) is 0.794. The van der Waals surface area contributed by atoms with E-state index in [4.69, 9.17) is 5.26 Å². The summed E-state index contributed by atoms with van der Waals surface area (Å²) in [5.41, 5.74) is 1.53. The van der Waals surface area contributed by atoms with Crippen LogP contribution in [0.3, 0.4) is 0 Å². The maximum atomic E-state index is 8.86. The van der Waals surface area contributed by atoms with E-state index in [0.29, 0.717) is 17.4 Å². The summed E-state index contributed by atoms with van der Waals surface area (Å²) >= 11 is 0. The third-order valence-electron chi connectivity index (χ3n) is 2.15. The fraction of sp³-hybridized carbons (Fsp3) is 0.455. The van der Waals surface area contributed by atoms with E-state index in [9.17, 15) is 0 Å². The van der Waals surface area contributed by atoms with Crippen molar-refractivity contribution in [3.63, 3.8) is 0 Å². The van der Waals surface area contributed by atoms with Gasteiger partial charge in [0.2, 0.25) is 0 Å². The zero-order valence-electron chi connectivity index (χ0n) is 8.83. The highest BCUT2D eigenvalue weighted by atomic mass is 15.0. The molecule has 0 aromatic carbocycles. The summed E-state index contributed by atoms with van der Waals surface area (Å²) in [6, 6.07) is 6.12. The Morgan fingerprint density at radius 1 is 1.57 bits per heavy atom. The Morgan fingerprint density at radius 2 is 2.29 bits per heavy atom. The molecule has 1 heterocycles. The van der Waals surface area contributed by atoms with Gasteiger partial charge in [0, 0.05) is 11.7 Å². The Labute approximate surface area is 84.8 Å². The molecule has 0 saturated heterocycles. The third-order valence-corrected chi connectivity index (χ3v) is 2.15. The van der Waals surface area contributed by atoms with Crippen molar-refractivity contribution in [1.82, 2.24) is 4.98 Å². The summed E-state index contributed by atoms with van der Waals surface area (Å²) in [4.78, 5) is 4.30. The van der Waals surface area contributed by atoms with Gasteiger partial charge in [-0.25, -0.2) is 4.98 Å². The first kappa shape index (κ1) is 10.5. The first-order chi connectivity index (χ1) is 6.67. The molecule has 1 rings (SSSR count). The fourth-order valence-corrected chi connectivity index (χ4v) is 1.09.